The van der Waals surface area contributed by atoms with Crippen molar-refractivity contribution in [1.82, 2.24) is 19.8 Å². The molecule has 10 nitrogen and oxygen atoms in total. The Balaban J connectivity index is 1.37. The van der Waals surface area contributed by atoms with Gasteiger partial charge in [0.25, 0.3) is 5.91 Å². The number of nitrogens with two attached hydrogens (primary N) is 1. The smallest absolute Gasteiger partial charge is 0.313 e. The van der Waals surface area contributed by atoms with Crippen molar-refractivity contribution in [2.45, 2.75) is 38.1 Å². The molecule has 0 radical (unpaired) electrons. The molecule has 0 spiro atoms. The third-order valence-corrected chi connectivity index (χ3v) is 8.59. The monoisotopic (exact) mass is 536 g/mol. The summed E-state index contributed by atoms with van der Waals surface area (Å²) in [6.45, 7) is 4.66. The van der Waals surface area contributed by atoms with Crippen LogP contribution in [0.3, 0.4) is 0 Å². The second-order valence-corrected chi connectivity index (χ2v) is 11.3. The van der Waals surface area contributed by atoms with E-state index in [2.05, 4.69) is 47.4 Å². The van der Waals surface area contributed by atoms with Gasteiger partial charge in [0.15, 0.2) is 0 Å². The van der Waals surface area contributed by atoms with Gasteiger partial charge in [0.2, 0.25) is 5.88 Å². The Morgan fingerprint density at radius 1 is 1.16 bits per heavy atom. The number of carbonyl (C=O) groups excluding carboxylic acids is 3. The molecule has 0 aliphatic carbocycles. The molecule has 2 aromatic heterocycles. The van der Waals surface area contributed by atoms with Gasteiger partial charge in [-0.05, 0) is 62.5 Å². The molecule has 2 aliphatic heterocycles. The zero-order valence-electron chi connectivity index (χ0n) is 21.8. The van der Waals surface area contributed by atoms with E-state index < -0.39 is 17.7 Å². The van der Waals surface area contributed by atoms with Crippen LogP contribution in [0, 0.1) is 5.92 Å². The summed E-state index contributed by atoms with van der Waals surface area (Å²) < 4.78 is 6.18. The van der Waals surface area contributed by atoms with Crippen LogP contribution in [0.1, 0.15) is 59.1 Å². The fraction of sp³-hybridized carbons (Fsp3) is 0.444. The van der Waals surface area contributed by atoms with E-state index in [0.717, 1.165) is 53.1 Å². The van der Waals surface area contributed by atoms with Crippen molar-refractivity contribution < 1.29 is 19.1 Å². The van der Waals surface area contributed by atoms with E-state index in [9.17, 15) is 14.4 Å². The molecule has 5 rings (SSSR count). The van der Waals surface area contributed by atoms with Gasteiger partial charge in [-0.15, -0.1) is 11.3 Å². The van der Waals surface area contributed by atoms with Crippen LogP contribution in [0.2, 0.25) is 0 Å². The standard InChI is InChI=1S/C27H32N6O4S/c1-15-4-6-21(16-5-7-22-20(10-16)31-26(38-22)17-8-9-32(2)14-17)33(13-15)27(36)24(35)30-18-11-19(23(28)34)25(37-3)29-12-18/h5,7,10-12,15,17,21H,4,6,8-9,13-14H2,1-3H3,(H2,28,34)(H,30,35)/t15-,17?,21?/m0/s1. The number of ether oxygens (including phenoxy) is 1. The molecule has 3 atom stereocenters. The molecule has 2 saturated heterocycles. The first-order valence-corrected chi connectivity index (χ1v) is 13.6. The molecule has 1 aromatic carbocycles. The summed E-state index contributed by atoms with van der Waals surface area (Å²) in [6, 6.07) is 7.33. The molecule has 3 aromatic rings. The van der Waals surface area contributed by atoms with Crippen LogP contribution in [0.4, 0.5) is 5.69 Å². The van der Waals surface area contributed by atoms with E-state index in [1.807, 2.05) is 0 Å². The highest BCUT2D eigenvalue weighted by Crippen LogP contribution is 2.37. The van der Waals surface area contributed by atoms with E-state index in [0.29, 0.717) is 12.5 Å². The Kier molecular flexibility index (Phi) is 7.31. The Morgan fingerprint density at radius 3 is 2.68 bits per heavy atom. The molecule has 2 unspecified atom stereocenters. The maximum atomic E-state index is 13.4. The highest BCUT2D eigenvalue weighted by molar-refractivity contribution is 7.18. The number of hydrogen-bond acceptors (Lipinski definition) is 8. The molecule has 200 valence electrons. The van der Waals surface area contributed by atoms with Crippen molar-refractivity contribution in [2.75, 3.05) is 39.1 Å². The number of piperidine rings is 1. The molecule has 3 N–H and O–H groups in total. The number of aromatic nitrogens is 2. The average molecular weight is 537 g/mol. The third-order valence-electron chi connectivity index (χ3n) is 7.39. The van der Waals surface area contributed by atoms with Gasteiger partial charge in [0, 0.05) is 19.0 Å². The van der Waals surface area contributed by atoms with Crippen LogP contribution in [0.5, 0.6) is 5.88 Å². The maximum absolute atomic E-state index is 13.4. The van der Waals surface area contributed by atoms with Gasteiger partial charge in [-0.3, -0.25) is 14.4 Å². The molecule has 3 amide bonds. The summed E-state index contributed by atoms with van der Waals surface area (Å²) in [6.07, 6.45) is 4.15. The summed E-state index contributed by atoms with van der Waals surface area (Å²) in [5.74, 6) is -1.41. The number of likely N-dealkylation sites (N-methyl/N-ethyl adjacent to an activating group) is 1. The molecule has 38 heavy (non-hydrogen) atoms. The Labute approximate surface area is 225 Å². The Bertz CT molecular complexity index is 1390. The number of nitrogens with zero attached hydrogens (tertiary/aromatic N) is 4. The van der Waals surface area contributed by atoms with Gasteiger partial charge in [-0.1, -0.05) is 13.0 Å². The fourth-order valence-electron chi connectivity index (χ4n) is 5.38. The number of benzene rings is 1. The van der Waals surface area contributed by atoms with Gasteiger partial charge in [0.05, 0.1) is 40.3 Å². The van der Waals surface area contributed by atoms with Crippen molar-refractivity contribution in [3.05, 3.63) is 46.6 Å². The second-order valence-electron chi connectivity index (χ2n) is 10.3. The Morgan fingerprint density at radius 2 is 1.97 bits per heavy atom. The highest BCUT2D eigenvalue weighted by atomic mass is 32.1. The van der Waals surface area contributed by atoms with Crippen LogP contribution >= 0.6 is 11.3 Å². The minimum atomic E-state index is -0.797. The summed E-state index contributed by atoms with van der Waals surface area (Å²) in [4.78, 5) is 51.1. The van der Waals surface area contributed by atoms with Gasteiger partial charge in [-0.25, -0.2) is 9.97 Å². The van der Waals surface area contributed by atoms with Crippen molar-refractivity contribution in [3.63, 3.8) is 0 Å². The predicted octanol–water partition coefficient (Wildman–Crippen LogP) is 3.16. The average Bonchev–Trinajstić information content (AvgIpc) is 3.53. The number of hydrogen-bond donors (Lipinski definition) is 2. The topological polar surface area (TPSA) is 131 Å². The quantitative estimate of drug-likeness (QED) is 0.479. The van der Waals surface area contributed by atoms with E-state index in [-0.39, 0.29) is 29.1 Å². The molecule has 2 fully saturated rings. The number of anilines is 1. The predicted molar refractivity (Wildman–Crippen MR) is 145 cm³/mol. The number of nitrogens with one attached hydrogen (secondary N) is 1. The number of fused-ring (bicyclic) bond motifs is 1. The van der Waals surface area contributed by atoms with Crippen LogP contribution in [-0.4, -0.2) is 71.3 Å². The summed E-state index contributed by atoms with van der Waals surface area (Å²) in [5, 5.41) is 3.73. The van der Waals surface area contributed by atoms with Crippen molar-refractivity contribution in [3.8, 4) is 5.88 Å². The first kappa shape index (κ1) is 26.1. The normalized spacial score (nSPS) is 22.0. The zero-order chi connectivity index (χ0) is 27.0. The number of likely N-dealkylation sites (tertiary alicyclic amines) is 2. The molecule has 2 aliphatic rings. The summed E-state index contributed by atoms with van der Waals surface area (Å²) >= 11 is 1.74. The third kappa shape index (κ3) is 5.21. The summed E-state index contributed by atoms with van der Waals surface area (Å²) in [7, 11) is 3.50. The van der Waals surface area contributed by atoms with Crippen LogP contribution < -0.4 is 15.8 Å². The summed E-state index contributed by atoms with van der Waals surface area (Å²) in [5.41, 5.74) is 7.52. The zero-order valence-corrected chi connectivity index (χ0v) is 22.6. The number of methoxy groups -OCH3 is 1. The lowest BCUT2D eigenvalue weighted by Gasteiger charge is -2.38. The largest absolute Gasteiger partial charge is 0.480 e. The molecular weight excluding hydrogens is 504 g/mol. The number of amides is 3. The van der Waals surface area contributed by atoms with Crippen LogP contribution in [-0.2, 0) is 9.59 Å². The first-order chi connectivity index (χ1) is 18.2. The van der Waals surface area contributed by atoms with Crippen LogP contribution in [0.25, 0.3) is 10.2 Å². The first-order valence-electron chi connectivity index (χ1n) is 12.8. The SMILES string of the molecule is COc1ncc(NC(=O)C(=O)N2C[C@@H](C)CCC2c2ccc3sc(C4CCN(C)C4)nc3c2)cc1C(N)=O. The number of thiazole rings is 1. The lowest BCUT2D eigenvalue weighted by Crippen LogP contribution is -2.46. The van der Waals surface area contributed by atoms with Gasteiger partial charge >= 0.3 is 11.8 Å². The Hall–Kier alpha value is -3.57. The fourth-order valence-corrected chi connectivity index (χ4v) is 6.45. The minimum Gasteiger partial charge on any atom is -0.480 e. The second kappa shape index (κ2) is 10.7. The van der Waals surface area contributed by atoms with E-state index >= 15 is 0 Å². The van der Waals surface area contributed by atoms with E-state index in [4.69, 9.17) is 15.5 Å². The van der Waals surface area contributed by atoms with Gasteiger partial charge in [0.1, 0.15) is 5.56 Å². The van der Waals surface area contributed by atoms with E-state index in [1.165, 1.54) is 19.4 Å². The van der Waals surface area contributed by atoms with Crippen molar-refractivity contribution in [2.24, 2.45) is 11.7 Å². The molecular formula is C27H32N6O4S. The number of carbonyl (C=O) groups is 3. The maximum Gasteiger partial charge on any atom is 0.313 e. The van der Waals surface area contributed by atoms with Crippen molar-refractivity contribution in [1.29, 1.82) is 0 Å². The highest BCUT2D eigenvalue weighted by Gasteiger charge is 2.35. The lowest BCUT2D eigenvalue weighted by atomic mass is 9.89. The molecule has 0 bridgehead atoms. The van der Waals surface area contributed by atoms with Gasteiger partial charge < -0.3 is 25.6 Å². The molecule has 4 heterocycles. The molecule has 0 saturated carbocycles. The number of rotatable bonds is 5. The number of primary amides is 1. The molecule has 11 heteroatoms. The lowest BCUT2D eigenvalue weighted by molar-refractivity contribution is -0.146. The van der Waals surface area contributed by atoms with E-state index in [1.54, 1.807) is 16.2 Å². The van der Waals surface area contributed by atoms with Crippen molar-refractivity contribution >= 4 is 45.0 Å². The minimum absolute atomic E-state index is 0.0161. The van der Waals surface area contributed by atoms with Crippen LogP contribution in [0.15, 0.2) is 30.5 Å². The van der Waals surface area contributed by atoms with Gasteiger partial charge in [-0.2, -0.15) is 0 Å². The number of pyridine rings is 1.